The average molecular weight is 313 g/mol. The van der Waals surface area contributed by atoms with E-state index in [0.29, 0.717) is 17.6 Å². The van der Waals surface area contributed by atoms with Gasteiger partial charge in [0.2, 0.25) is 5.95 Å². The zero-order valence-corrected chi connectivity index (χ0v) is 12.4. The average Bonchev–Trinajstić information content (AvgIpc) is 3.07. The van der Waals surface area contributed by atoms with Gasteiger partial charge in [-0.25, -0.2) is 10.1 Å². The topological polar surface area (TPSA) is 63.2 Å². The van der Waals surface area contributed by atoms with Gasteiger partial charge in [-0.15, -0.1) is 0 Å². The maximum Gasteiger partial charge on any atom is 0.245 e. The molecule has 0 saturated carbocycles. The lowest BCUT2D eigenvalue weighted by molar-refractivity contribution is 0.306. The van der Waals surface area contributed by atoms with Crippen LogP contribution in [-0.4, -0.2) is 21.4 Å². The summed E-state index contributed by atoms with van der Waals surface area (Å²) in [6, 6.07) is 15.2. The van der Waals surface area contributed by atoms with Crippen molar-refractivity contribution in [1.82, 2.24) is 15.2 Å². The number of aliphatic imine (C=N–C) groups is 1. The summed E-state index contributed by atoms with van der Waals surface area (Å²) >= 11 is 6.09. The number of nitrogens with zero attached hydrogens (tertiary/aromatic N) is 3. The second-order valence-electron chi connectivity index (χ2n) is 4.52. The van der Waals surface area contributed by atoms with Crippen molar-refractivity contribution in [3.63, 3.8) is 0 Å². The van der Waals surface area contributed by atoms with E-state index < -0.39 is 0 Å². The Morgan fingerprint density at radius 1 is 1.14 bits per heavy atom. The van der Waals surface area contributed by atoms with Gasteiger partial charge in [0, 0.05) is 16.8 Å². The Morgan fingerprint density at radius 2 is 1.95 bits per heavy atom. The minimum atomic E-state index is 0.436. The first-order valence-corrected chi connectivity index (χ1v) is 7.05. The fourth-order valence-corrected chi connectivity index (χ4v) is 2.01. The molecular formula is C16H13ClN4O. The molecule has 0 aliphatic rings. The van der Waals surface area contributed by atoms with Gasteiger partial charge < -0.3 is 4.74 Å². The van der Waals surface area contributed by atoms with Crippen LogP contribution in [0.15, 0.2) is 59.9 Å². The quantitative estimate of drug-likeness (QED) is 0.729. The summed E-state index contributed by atoms with van der Waals surface area (Å²) < 4.78 is 5.72. The lowest BCUT2D eigenvalue weighted by Gasteiger charge is -2.07. The highest BCUT2D eigenvalue weighted by molar-refractivity contribution is 6.31. The summed E-state index contributed by atoms with van der Waals surface area (Å²) in [5.41, 5.74) is 1.90. The van der Waals surface area contributed by atoms with Crippen LogP contribution in [-0.2, 0) is 6.61 Å². The Kier molecular flexibility index (Phi) is 4.46. The van der Waals surface area contributed by atoms with Crippen LogP contribution in [0.3, 0.4) is 0 Å². The molecule has 1 N–H and O–H groups in total. The molecule has 0 fully saturated rings. The molecule has 3 aromatic rings. The number of benzene rings is 2. The maximum absolute atomic E-state index is 6.09. The Morgan fingerprint density at radius 3 is 2.68 bits per heavy atom. The minimum Gasteiger partial charge on any atom is -0.489 e. The van der Waals surface area contributed by atoms with E-state index in [-0.39, 0.29) is 0 Å². The van der Waals surface area contributed by atoms with Crippen molar-refractivity contribution in [3.8, 4) is 5.75 Å². The molecule has 3 rings (SSSR count). The summed E-state index contributed by atoms with van der Waals surface area (Å²) in [5.74, 6) is 1.25. The second-order valence-corrected chi connectivity index (χ2v) is 4.92. The van der Waals surface area contributed by atoms with Crippen LogP contribution < -0.4 is 4.74 Å². The first-order valence-electron chi connectivity index (χ1n) is 6.67. The van der Waals surface area contributed by atoms with Gasteiger partial charge in [-0.3, -0.25) is 0 Å². The van der Waals surface area contributed by atoms with Gasteiger partial charge in [-0.2, -0.15) is 10.1 Å². The molecule has 0 spiro atoms. The molecule has 1 heterocycles. The summed E-state index contributed by atoms with van der Waals surface area (Å²) in [7, 11) is 0. The summed E-state index contributed by atoms with van der Waals surface area (Å²) in [5, 5.41) is 7.10. The third kappa shape index (κ3) is 3.71. The highest BCUT2D eigenvalue weighted by Crippen LogP contribution is 2.18. The number of H-pyrrole nitrogens is 1. The Balaban J connectivity index is 1.61. The molecule has 0 aliphatic carbocycles. The minimum absolute atomic E-state index is 0.436. The molecular weight excluding hydrogens is 300 g/mol. The van der Waals surface area contributed by atoms with Gasteiger partial charge >= 0.3 is 0 Å². The van der Waals surface area contributed by atoms with Crippen molar-refractivity contribution in [2.45, 2.75) is 6.61 Å². The highest BCUT2D eigenvalue weighted by Gasteiger charge is 2.00. The lowest BCUT2D eigenvalue weighted by Crippen LogP contribution is -1.96. The predicted molar refractivity (Wildman–Crippen MR) is 85.9 cm³/mol. The van der Waals surface area contributed by atoms with Crippen LogP contribution in [0.25, 0.3) is 0 Å². The van der Waals surface area contributed by atoms with Crippen LogP contribution in [0.2, 0.25) is 5.02 Å². The molecule has 0 saturated heterocycles. The van der Waals surface area contributed by atoms with Gasteiger partial charge in [0.25, 0.3) is 0 Å². The molecule has 0 aliphatic heterocycles. The van der Waals surface area contributed by atoms with E-state index in [4.69, 9.17) is 16.3 Å². The predicted octanol–water partition coefficient (Wildman–Crippen LogP) is 3.79. The summed E-state index contributed by atoms with van der Waals surface area (Å²) in [6.07, 6.45) is 3.12. The van der Waals surface area contributed by atoms with Crippen LogP contribution in [0.1, 0.15) is 11.1 Å². The number of hydrogen-bond acceptors (Lipinski definition) is 4. The third-order valence-electron chi connectivity index (χ3n) is 2.97. The molecule has 5 nitrogen and oxygen atoms in total. The van der Waals surface area contributed by atoms with Gasteiger partial charge in [-0.05, 0) is 35.9 Å². The molecule has 0 bridgehead atoms. The standard InChI is InChI=1S/C16H13ClN4O/c17-15-4-2-1-3-13(15)10-22-14-7-5-12(6-8-14)9-18-16-19-11-20-21-16/h1-9,11H,10H2,(H,19,20,21)/b18-9+. The zero-order valence-electron chi connectivity index (χ0n) is 11.6. The first-order chi connectivity index (χ1) is 10.8. The molecule has 0 amide bonds. The van der Waals surface area contributed by atoms with Crippen molar-refractivity contribution in [2.75, 3.05) is 0 Å². The number of aromatic amines is 1. The number of halogens is 1. The van der Waals surface area contributed by atoms with E-state index in [2.05, 4.69) is 20.2 Å². The van der Waals surface area contributed by atoms with Gasteiger partial charge in [0.15, 0.2) is 0 Å². The monoisotopic (exact) mass is 312 g/mol. The van der Waals surface area contributed by atoms with Gasteiger partial charge in [0.05, 0.1) is 0 Å². The van der Waals surface area contributed by atoms with Gasteiger partial charge in [0.1, 0.15) is 18.7 Å². The second kappa shape index (κ2) is 6.87. The first kappa shape index (κ1) is 14.3. The van der Waals surface area contributed by atoms with Gasteiger partial charge in [-0.1, -0.05) is 29.8 Å². The highest BCUT2D eigenvalue weighted by atomic mass is 35.5. The Labute approximate surface area is 132 Å². The van der Waals surface area contributed by atoms with Crippen molar-refractivity contribution >= 4 is 23.8 Å². The van der Waals surface area contributed by atoms with E-state index in [0.717, 1.165) is 16.9 Å². The third-order valence-corrected chi connectivity index (χ3v) is 3.34. The van der Waals surface area contributed by atoms with E-state index in [1.807, 2.05) is 48.5 Å². The molecule has 1 aromatic heterocycles. The smallest absolute Gasteiger partial charge is 0.245 e. The SMILES string of the molecule is Clc1ccccc1COc1ccc(/C=N/c2ncn[nH]2)cc1. The molecule has 6 heteroatoms. The van der Waals surface area contributed by atoms with Crippen LogP contribution in [0, 0.1) is 0 Å². The molecule has 0 atom stereocenters. The maximum atomic E-state index is 6.09. The van der Waals surface area contributed by atoms with Crippen molar-refractivity contribution in [2.24, 2.45) is 4.99 Å². The van der Waals surface area contributed by atoms with E-state index in [1.165, 1.54) is 6.33 Å². The molecule has 110 valence electrons. The van der Waals surface area contributed by atoms with E-state index >= 15 is 0 Å². The molecule has 22 heavy (non-hydrogen) atoms. The number of nitrogens with one attached hydrogen (secondary N) is 1. The summed E-state index contributed by atoms with van der Waals surface area (Å²) in [4.78, 5) is 8.08. The Hall–Kier alpha value is -2.66. The van der Waals surface area contributed by atoms with Crippen LogP contribution >= 0.6 is 11.6 Å². The fraction of sp³-hybridized carbons (Fsp3) is 0.0625. The normalized spacial score (nSPS) is 11.0. The molecule has 0 radical (unpaired) electrons. The Bertz CT molecular complexity index is 754. The fourth-order valence-electron chi connectivity index (χ4n) is 1.82. The van der Waals surface area contributed by atoms with Crippen molar-refractivity contribution in [1.29, 1.82) is 0 Å². The number of rotatable bonds is 5. The number of hydrogen-bond donors (Lipinski definition) is 1. The van der Waals surface area contributed by atoms with E-state index in [1.54, 1.807) is 6.21 Å². The molecule has 2 aromatic carbocycles. The number of ether oxygens (including phenoxy) is 1. The number of aromatic nitrogens is 3. The molecule has 0 unspecified atom stereocenters. The largest absolute Gasteiger partial charge is 0.489 e. The van der Waals surface area contributed by atoms with E-state index in [9.17, 15) is 0 Å². The van der Waals surface area contributed by atoms with Crippen molar-refractivity contribution in [3.05, 3.63) is 71.0 Å². The van der Waals surface area contributed by atoms with Crippen molar-refractivity contribution < 1.29 is 4.74 Å². The van der Waals surface area contributed by atoms with Crippen LogP contribution in [0.5, 0.6) is 5.75 Å². The lowest BCUT2D eigenvalue weighted by atomic mass is 10.2. The summed E-state index contributed by atoms with van der Waals surface area (Å²) in [6.45, 7) is 0.436. The van der Waals surface area contributed by atoms with Crippen LogP contribution in [0.4, 0.5) is 5.95 Å². The zero-order chi connectivity index (χ0) is 15.2.